The lowest BCUT2D eigenvalue weighted by Crippen LogP contribution is -2.51. The number of amides is 2. The quantitative estimate of drug-likeness (QED) is 0.321. The van der Waals surface area contributed by atoms with E-state index in [-0.39, 0.29) is 29.0 Å². The molecule has 10 heteroatoms. The van der Waals surface area contributed by atoms with Crippen LogP contribution in [0.15, 0.2) is 77.7 Å². The molecule has 0 aliphatic rings. The van der Waals surface area contributed by atoms with Crippen molar-refractivity contribution in [2.75, 3.05) is 24.5 Å². The topological polar surface area (TPSA) is 96.0 Å². The highest BCUT2D eigenvalue weighted by Crippen LogP contribution is 2.28. The van der Waals surface area contributed by atoms with Crippen molar-refractivity contribution in [3.8, 4) is 5.75 Å². The lowest BCUT2D eigenvalue weighted by atomic mass is 10.1. The summed E-state index contributed by atoms with van der Waals surface area (Å²) >= 11 is 6.21. The van der Waals surface area contributed by atoms with Crippen LogP contribution in [0.25, 0.3) is 0 Å². The molecular weight excluding hydrogens is 550 g/mol. The number of benzene rings is 3. The first-order valence-corrected chi connectivity index (χ1v) is 14.8. The number of carbonyl (C=O) groups excluding carboxylic acids is 2. The van der Waals surface area contributed by atoms with Crippen LogP contribution >= 0.6 is 11.6 Å². The molecule has 0 aliphatic carbocycles. The van der Waals surface area contributed by atoms with E-state index in [1.54, 1.807) is 25.1 Å². The van der Waals surface area contributed by atoms with Gasteiger partial charge in [0.05, 0.1) is 17.7 Å². The van der Waals surface area contributed by atoms with Gasteiger partial charge >= 0.3 is 0 Å². The standard InChI is InChI=1S/C30H36ClN3O5S/c1-21(2)18-32-30(36)23(4)33(19-24-9-6-8-22(3)16-24)29(35)20-34(26-11-7-10-25(31)17-26)40(37,38)28-14-12-27(39-5)13-15-28/h6-17,21,23H,18-20H2,1-5H3,(H,32,36). The summed E-state index contributed by atoms with van der Waals surface area (Å²) in [6.45, 7) is 7.59. The van der Waals surface area contributed by atoms with Crippen LogP contribution < -0.4 is 14.4 Å². The highest BCUT2D eigenvalue weighted by atomic mass is 35.5. The van der Waals surface area contributed by atoms with Crippen molar-refractivity contribution in [3.05, 3.63) is 88.9 Å². The summed E-state index contributed by atoms with van der Waals surface area (Å²) in [5.41, 5.74) is 2.05. The lowest BCUT2D eigenvalue weighted by Gasteiger charge is -2.32. The monoisotopic (exact) mass is 585 g/mol. The Morgan fingerprint density at radius 3 is 2.25 bits per heavy atom. The number of methoxy groups -OCH3 is 1. The fraction of sp³-hybridized carbons (Fsp3) is 0.333. The molecule has 3 aromatic rings. The second-order valence-electron chi connectivity index (χ2n) is 9.99. The van der Waals surface area contributed by atoms with Crippen LogP contribution in [-0.4, -0.2) is 51.4 Å². The van der Waals surface area contributed by atoms with Crippen molar-refractivity contribution in [3.63, 3.8) is 0 Å². The molecule has 3 aromatic carbocycles. The molecule has 2 amide bonds. The zero-order valence-electron chi connectivity index (χ0n) is 23.4. The number of rotatable bonds is 12. The molecule has 1 unspecified atom stereocenters. The van der Waals surface area contributed by atoms with Gasteiger partial charge in [-0.05, 0) is 67.8 Å². The SMILES string of the molecule is COc1ccc(S(=O)(=O)N(CC(=O)N(Cc2cccc(C)c2)C(C)C(=O)NCC(C)C)c2cccc(Cl)c2)cc1. The van der Waals surface area contributed by atoms with Gasteiger partial charge in [0.2, 0.25) is 11.8 Å². The summed E-state index contributed by atoms with van der Waals surface area (Å²) in [6, 6.07) is 19.0. The molecule has 0 saturated heterocycles. The summed E-state index contributed by atoms with van der Waals surface area (Å²) in [5, 5.41) is 3.20. The predicted octanol–water partition coefficient (Wildman–Crippen LogP) is 5.04. The van der Waals surface area contributed by atoms with Gasteiger partial charge in [-0.25, -0.2) is 8.42 Å². The Morgan fingerprint density at radius 1 is 0.975 bits per heavy atom. The van der Waals surface area contributed by atoms with Crippen LogP contribution in [-0.2, 0) is 26.2 Å². The first-order valence-electron chi connectivity index (χ1n) is 13.0. The second-order valence-corrected chi connectivity index (χ2v) is 12.3. The molecule has 0 saturated carbocycles. The molecule has 40 heavy (non-hydrogen) atoms. The smallest absolute Gasteiger partial charge is 0.264 e. The third-order valence-electron chi connectivity index (χ3n) is 6.31. The second kappa shape index (κ2) is 13.7. The van der Waals surface area contributed by atoms with Gasteiger partial charge < -0.3 is 15.0 Å². The van der Waals surface area contributed by atoms with Crippen molar-refractivity contribution in [2.45, 2.75) is 45.2 Å². The maximum absolute atomic E-state index is 14.0. The molecule has 0 aromatic heterocycles. The summed E-state index contributed by atoms with van der Waals surface area (Å²) in [5.74, 6) is -0.132. The average molecular weight is 586 g/mol. The van der Waals surface area contributed by atoms with E-state index >= 15 is 0 Å². The van der Waals surface area contributed by atoms with Gasteiger partial charge in [0.15, 0.2) is 0 Å². The van der Waals surface area contributed by atoms with Gasteiger partial charge in [-0.1, -0.05) is 61.3 Å². The fourth-order valence-electron chi connectivity index (χ4n) is 4.08. The van der Waals surface area contributed by atoms with Crippen LogP contribution in [0, 0.1) is 12.8 Å². The summed E-state index contributed by atoms with van der Waals surface area (Å²) in [7, 11) is -2.71. The molecule has 1 N–H and O–H groups in total. The molecule has 0 heterocycles. The minimum absolute atomic E-state index is 0.0194. The minimum atomic E-state index is -4.20. The zero-order valence-corrected chi connectivity index (χ0v) is 25.0. The van der Waals surface area contributed by atoms with E-state index in [0.717, 1.165) is 15.4 Å². The van der Waals surface area contributed by atoms with Crippen LogP contribution in [0.5, 0.6) is 5.75 Å². The van der Waals surface area contributed by atoms with Gasteiger partial charge in [0, 0.05) is 18.1 Å². The first kappa shape index (κ1) is 31.0. The zero-order chi connectivity index (χ0) is 29.4. The van der Waals surface area contributed by atoms with Crippen molar-refractivity contribution in [1.82, 2.24) is 10.2 Å². The van der Waals surface area contributed by atoms with Gasteiger partial charge in [-0.2, -0.15) is 0 Å². The summed E-state index contributed by atoms with van der Waals surface area (Å²) < 4.78 is 33.9. The van der Waals surface area contributed by atoms with Crippen LogP contribution in [0.3, 0.4) is 0 Å². The number of carbonyl (C=O) groups is 2. The molecule has 1 atom stereocenters. The molecule has 8 nitrogen and oxygen atoms in total. The maximum Gasteiger partial charge on any atom is 0.264 e. The average Bonchev–Trinajstić information content (AvgIpc) is 2.92. The van der Waals surface area contributed by atoms with Gasteiger partial charge in [-0.15, -0.1) is 0 Å². The summed E-state index contributed by atoms with van der Waals surface area (Å²) in [4.78, 5) is 28.4. The van der Waals surface area contributed by atoms with E-state index in [1.807, 2.05) is 45.0 Å². The molecule has 214 valence electrons. The van der Waals surface area contributed by atoms with E-state index in [1.165, 1.54) is 42.3 Å². The number of sulfonamides is 1. The molecule has 0 fully saturated rings. The normalized spacial score (nSPS) is 12.1. The van der Waals surface area contributed by atoms with E-state index in [2.05, 4.69) is 5.32 Å². The van der Waals surface area contributed by atoms with Crippen LogP contribution in [0.2, 0.25) is 5.02 Å². The molecular formula is C30H36ClN3O5S. The number of aryl methyl sites for hydroxylation is 1. The summed E-state index contributed by atoms with van der Waals surface area (Å²) in [6.07, 6.45) is 0. The Balaban J connectivity index is 2.02. The molecule has 0 bridgehead atoms. The van der Waals surface area contributed by atoms with Crippen LogP contribution in [0.1, 0.15) is 31.9 Å². The molecule has 0 radical (unpaired) electrons. The number of anilines is 1. The van der Waals surface area contributed by atoms with Gasteiger partial charge in [-0.3, -0.25) is 13.9 Å². The Labute approximate surface area is 241 Å². The Kier molecular flexibility index (Phi) is 10.6. The number of nitrogens with zero attached hydrogens (tertiary/aromatic N) is 2. The van der Waals surface area contributed by atoms with Crippen molar-refractivity contribution in [1.29, 1.82) is 0 Å². The number of hydrogen-bond acceptors (Lipinski definition) is 5. The highest BCUT2D eigenvalue weighted by Gasteiger charge is 2.32. The number of halogens is 1. The molecule has 0 aliphatic heterocycles. The minimum Gasteiger partial charge on any atom is -0.497 e. The molecule has 0 spiro atoms. The van der Waals surface area contributed by atoms with Gasteiger partial charge in [0.25, 0.3) is 10.0 Å². The van der Waals surface area contributed by atoms with E-state index in [0.29, 0.717) is 17.3 Å². The number of hydrogen-bond donors (Lipinski definition) is 1. The van der Waals surface area contributed by atoms with Crippen LogP contribution in [0.4, 0.5) is 5.69 Å². The Hall–Kier alpha value is -3.56. The molecule has 3 rings (SSSR count). The van der Waals surface area contributed by atoms with Crippen molar-refractivity contribution < 1.29 is 22.7 Å². The van der Waals surface area contributed by atoms with E-state index in [9.17, 15) is 18.0 Å². The third kappa shape index (κ3) is 7.99. The Bertz CT molecular complexity index is 1430. The fourth-order valence-corrected chi connectivity index (χ4v) is 5.67. The lowest BCUT2D eigenvalue weighted by molar-refractivity contribution is -0.139. The van der Waals surface area contributed by atoms with Crippen molar-refractivity contribution in [2.24, 2.45) is 5.92 Å². The van der Waals surface area contributed by atoms with Gasteiger partial charge in [0.1, 0.15) is 18.3 Å². The Morgan fingerprint density at radius 2 is 1.65 bits per heavy atom. The first-order chi connectivity index (χ1) is 18.9. The largest absolute Gasteiger partial charge is 0.497 e. The third-order valence-corrected chi connectivity index (χ3v) is 8.33. The van der Waals surface area contributed by atoms with Crippen molar-refractivity contribution >= 4 is 39.1 Å². The number of nitrogens with one attached hydrogen (secondary N) is 1. The van der Waals surface area contributed by atoms with E-state index in [4.69, 9.17) is 16.3 Å². The van der Waals surface area contributed by atoms with E-state index < -0.39 is 28.5 Å². The highest BCUT2D eigenvalue weighted by molar-refractivity contribution is 7.92. The predicted molar refractivity (Wildman–Crippen MR) is 158 cm³/mol. The maximum atomic E-state index is 14.0. The number of ether oxygens (including phenoxy) is 1.